The van der Waals surface area contributed by atoms with Crippen LogP contribution in [0, 0.1) is 0 Å². The minimum atomic E-state index is 0. The van der Waals surface area contributed by atoms with Crippen molar-refractivity contribution in [1.29, 1.82) is 0 Å². The number of rotatable bonds is 0. The van der Waals surface area contributed by atoms with Crippen molar-refractivity contribution in [3.8, 4) is 0 Å². The molecule has 0 amide bonds. The number of hydrogen-bond acceptors (Lipinski definition) is 0. The zero-order chi connectivity index (χ0) is 28.0. The second kappa shape index (κ2) is 0. The van der Waals surface area contributed by atoms with Gasteiger partial charge in [-0.25, -0.2) is 0 Å². The molecule has 0 bridgehead atoms. The first-order valence-electron chi connectivity index (χ1n) is 14.0. The molecule has 0 aromatic heterocycles. The quantitative estimate of drug-likeness (QED) is 0.342. The molecule has 0 aromatic rings. The lowest BCUT2D eigenvalue weighted by Gasteiger charge is -1.07. The minimum Gasteiger partial charge on any atom is -0.0776 e. The van der Waals surface area contributed by atoms with Gasteiger partial charge in [0.05, 0.1) is 0 Å². The van der Waals surface area contributed by atoms with E-state index in [4.69, 9.17) is 0 Å². The van der Waals surface area contributed by atoms with Gasteiger partial charge in [-0.1, -0.05) is 209 Å². The Balaban J connectivity index is -0.00000000500. The Morgan fingerprint density at radius 1 is 0.100 bits per heavy atom. The van der Waals surface area contributed by atoms with Crippen LogP contribution in [0.15, 0.2) is 0 Å². The summed E-state index contributed by atoms with van der Waals surface area (Å²) in [7, 11) is 0. The van der Waals surface area contributed by atoms with Crippen molar-refractivity contribution in [1.82, 2.24) is 0 Å². The Morgan fingerprint density at radius 3 is 0.100 bits per heavy atom. The van der Waals surface area contributed by atoms with Gasteiger partial charge in [0, 0.05) is 0 Å². The molecule has 0 spiro atoms. The topological polar surface area (TPSA) is 0 Å². The summed E-state index contributed by atoms with van der Waals surface area (Å²) in [5, 5.41) is 0. The minimum absolute atomic E-state index is 0. The Hall–Kier alpha value is 0. The van der Waals surface area contributed by atoms with E-state index in [1.54, 1.807) is 0 Å². The maximum absolute atomic E-state index is 2.00. The summed E-state index contributed by atoms with van der Waals surface area (Å²) in [5.74, 6) is 0. The molecular weight excluding hydrogens is 360 g/mol. The van der Waals surface area contributed by atoms with Crippen LogP contribution in [0.4, 0.5) is 0 Å². The van der Waals surface area contributed by atoms with E-state index in [9.17, 15) is 0 Å². The fourth-order valence-electron chi connectivity index (χ4n) is 0. The summed E-state index contributed by atoms with van der Waals surface area (Å²) >= 11 is 0. The Kier molecular flexibility index (Phi) is 0. The summed E-state index contributed by atoms with van der Waals surface area (Å²) in [6.07, 6.45) is 0. The fourth-order valence-corrected chi connectivity index (χ4v) is 0. The molecule has 0 fully saturated rings. The highest BCUT2D eigenvalue weighted by Crippen LogP contribution is 1.17. The van der Waals surface area contributed by atoms with E-state index in [2.05, 4.69) is 0 Å². The molecule has 0 atom stereocenters. The lowest BCUT2D eigenvalue weighted by atomic mass is 11.0. The SMILES string of the molecule is C.C.CC.CC.CC.CC.CC.CC.CC.CC.CC.CC.CC.CC.CC.CC. The van der Waals surface area contributed by atoms with Crippen molar-refractivity contribution >= 4 is 0 Å². The van der Waals surface area contributed by atoms with E-state index < -0.39 is 0 Å². The Labute approximate surface area is 208 Å². The average molecular weight is 453 g/mol. The summed E-state index contributed by atoms with van der Waals surface area (Å²) in [6, 6.07) is 0. The third-order valence-corrected chi connectivity index (χ3v) is 0. The molecule has 0 nitrogen and oxygen atoms in total. The van der Waals surface area contributed by atoms with Crippen LogP contribution in [0.2, 0.25) is 0 Å². The van der Waals surface area contributed by atoms with Gasteiger partial charge in [-0.3, -0.25) is 0 Å². The third-order valence-electron chi connectivity index (χ3n) is 0. The maximum atomic E-state index is 2.00. The van der Waals surface area contributed by atoms with E-state index in [0.717, 1.165) is 0 Å². The second-order valence-corrected chi connectivity index (χ2v) is 0. The van der Waals surface area contributed by atoms with Crippen LogP contribution in [-0.2, 0) is 0 Å². The van der Waals surface area contributed by atoms with Crippen LogP contribution in [0.25, 0.3) is 0 Å². The van der Waals surface area contributed by atoms with E-state index in [1.807, 2.05) is 194 Å². The molecule has 0 heterocycles. The van der Waals surface area contributed by atoms with E-state index in [1.165, 1.54) is 0 Å². The van der Waals surface area contributed by atoms with Crippen LogP contribution < -0.4 is 0 Å². The highest BCUT2D eigenvalue weighted by atomic mass is 13.0. The highest BCUT2D eigenvalue weighted by Gasteiger charge is 0.958. The molecule has 0 aliphatic rings. The zero-order valence-electron chi connectivity index (χ0n) is 28.0. The van der Waals surface area contributed by atoms with Crippen molar-refractivity contribution in [3.63, 3.8) is 0 Å². The van der Waals surface area contributed by atoms with Crippen LogP contribution in [0.1, 0.15) is 209 Å². The summed E-state index contributed by atoms with van der Waals surface area (Å²) in [4.78, 5) is 0. The summed E-state index contributed by atoms with van der Waals surface area (Å²) in [6.45, 7) is 56.0. The molecule has 30 heavy (non-hydrogen) atoms. The molecule has 0 aliphatic carbocycles. The van der Waals surface area contributed by atoms with Crippen molar-refractivity contribution in [2.75, 3.05) is 0 Å². The van der Waals surface area contributed by atoms with E-state index in [-0.39, 0.29) is 14.9 Å². The van der Waals surface area contributed by atoms with Crippen molar-refractivity contribution in [2.24, 2.45) is 0 Å². The van der Waals surface area contributed by atoms with Gasteiger partial charge in [0.2, 0.25) is 0 Å². The molecule has 0 unspecified atom stereocenters. The normalized spacial score (nSPS) is 2.80. The highest BCUT2D eigenvalue weighted by molar-refractivity contribution is 3.53. The van der Waals surface area contributed by atoms with Crippen molar-refractivity contribution < 1.29 is 0 Å². The van der Waals surface area contributed by atoms with Gasteiger partial charge < -0.3 is 0 Å². The van der Waals surface area contributed by atoms with Gasteiger partial charge in [0.25, 0.3) is 0 Å². The van der Waals surface area contributed by atoms with Gasteiger partial charge in [0.15, 0.2) is 0 Å². The lowest BCUT2D eigenvalue weighted by Crippen LogP contribution is -0.856. The Morgan fingerprint density at radius 2 is 0.100 bits per heavy atom. The third kappa shape index (κ3) is 0. The molecule has 0 heteroatoms. The smallest absolute Gasteiger partial charge is 0.0683 e. The molecular formula is C30H92. The molecule has 0 saturated heterocycles. The van der Waals surface area contributed by atoms with Crippen LogP contribution in [-0.4, -0.2) is 0 Å². The van der Waals surface area contributed by atoms with Crippen LogP contribution in [0.5, 0.6) is 0 Å². The molecule has 0 rings (SSSR count). The lowest BCUT2D eigenvalue weighted by molar-refractivity contribution is 1.50. The van der Waals surface area contributed by atoms with Crippen LogP contribution in [0.3, 0.4) is 0 Å². The Bertz CT molecular complexity index is 0. The first kappa shape index (κ1) is 129. The summed E-state index contributed by atoms with van der Waals surface area (Å²) < 4.78 is 0. The van der Waals surface area contributed by atoms with Gasteiger partial charge >= 0.3 is 0 Å². The second-order valence-electron chi connectivity index (χ2n) is 0. The van der Waals surface area contributed by atoms with Gasteiger partial charge in [-0.05, 0) is 0 Å². The molecule has 0 saturated carbocycles. The molecule has 212 valence electrons. The zero-order valence-corrected chi connectivity index (χ0v) is 28.0. The molecule has 0 aromatic carbocycles. The largest absolute Gasteiger partial charge is 0.0776 e. The monoisotopic (exact) mass is 453 g/mol. The van der Waals surface area contributed by atoms with E-state index >= 15 is 0 Å². The predicted molar refractivity (Wildman–Crippen MR) is 172 cm³/mol. The predicted octanol–water partition coefficient (Wildman–Crippen LogP) is 15.6. The van der Waals surface area contributed by atoms with Gasteiger partial charge in [0.1, 0.15) is 0 Å². The van der Waals surface area contributed by atoms with Gasteiger partial charge in [-0.15, -0.1) is 0 Å². The standard InChI is InChI=1S/14C2H6.2CH4/c14*1-2;;/h14*1-2H3;2*1H4. The average Bonchev–Trinajstić information content (AvgIpc) is 2.95. The fraction of sp³-hybridized carbons (Fsp3) is 1.00. The summed E-state index contributed by atoms with van der Waals surface area (Å²) in [5.41, 5.74) is 0. The van der Waals surface area contributed by atoms with Crippen molar-refractivity contribution in [2.45, 2.75) is 209 Å². The molecule has 0 N–H and O–H groups in total. The van der Waals surface area contributed by atoms with Gasteiger partial charge in [-0.2, -0.15) is 0 Å². The molecule has 0 radical (unpaired) electrons. The maximum Gasteiger partial charge on any atom is -0.0683 e. The van der Waals surface area contributed by atoms with Crippen molar-refractivity contribution in [3.05, 3.63) is 0 Å². The first-order valence-corrected chi connectivity index (χ1v) is 14.0. The number of hydrogen-bond donors (Lipinski definition) is 0. The van der Waals surface area contributed by atoms with E-state index in [0.29, 0.717) is 0 Å². The first-order chi connectivity index (χ1) is 14.0. The van der Waals surface area contributed by atoms with Crippen LogP contribution >= 0.6 is 0 Å². The molecule has 0 aliphatic heterocycles.